The molecule has 1 fully saturated rings. The first-order valence-electron chi connectivity index (χ1n) is 7.45. The lowest BCUT2D eigenvalue weighted by atomic mass is 9.94. The Kier molecular flexibility index (Phi) is 5.46. The van der Waals surface area contributed by atoms with Crippen LogP contribution in [0.2, 0.25) is 0 Å². The fourth-order valence-corrected chi connectivity index (χ4v) is 3.74. The van der Waals surface area contributed by atoms with Crippen molar-refractivity contribution in [3.63, 3.8) is 0 Å². The highest BCUT2D eigenvalue weighted by atomic mass is 32.2. The van der Waals surface area contributed by atoms with Gasteiger partial charge in [0, 0.05) is 34.8 Å². The highest BCUT2D eigenvalue weighted by Gasteiger charge is 2.24. The van der Waals surface area contributed by atoms with Gasteiger partial charge in [-0.25, -0.2) is 0 Å². The van der Waals surface area contributed by atoms with Crippen molar-refractivity contribution in [1.29, 1.82) is 0 Å². The van der Waals surface area contributed by atoms with Gasteiger partial charge in [-0.1, -0.05) is 12.8 Å². The molecule has 0 amide bonds. The molecule has 3 nitrogen and oxygen atoms in total. The Hall–Kier alpha value is -1.03. The third-order valence-corrected chi connectivity index (χ3v) is 4.83. The average Bonchev–Trinajstić information content (AvgIpc) is 2.37. The van der Waals surface area contributed by atoms with Crippen LogP contribution in [-0.2, 0) is 0 Å². The number of ether oxygens (including phenoxy) is 1. The SMILES string of the molecule is CSC1CCCCC1Nc1cc(N)cc(OC(C)C)c1. The number of nitrogens with two attached hydrogens (primary N) is 1. The summed E-state index contributed by atoms with van der Waals surface area (Å²) in [6.45, 7) is 4.06. The van der Waals surface area contributed by atoms with Crippen LogP contribution >= 0.6 is 11.8 Å². The fraction of sp³-hybridized carbons (Fsp3) is 0.625. The predicted molar refractivity (Wildman–Crippen MR) is 89.8 cm³/mol. The first-order valence-corrected chi connectivity index (χ1v) is 8.74. The van der Waals surface area contributed by atoms with Gasteiger partial charge >= 0.3 is 0 Å². The van der Waals surface area contributed by atoms with Crippen LogP contribution in [0.5, 0.6) is 5.75 Å². The number of nitrogen functional groups attached to an aromatic ring is 1. The van der Waals surface area contributed by atoms with Crippen LogP contribution in [-0.4, -0.2) is 23.7 Å². The molecule has 4 heteroatoms. The van der Waals surface area contributed by atoms with E-state index in [1.807, 2.05) is 37.7 Å². The van der Waals surface area contributed by atoms with Crippen molar-refractivity contribution in [2.24, 2.45) is 0 Å². The Morgan fingerprint density at radius 3 is 2.70 bits per heavy atom. The van der Waals surface area contributed by atoms with E-state index < -0.39 is 0 Å². The van der Waals surface area contributed by atoms with Gasteiger partial charge < -0.3 is 15.8 Å². The Bertz CT molecular complexity index is 436. The fourth-order valence-electron chi connectivity index (χ4n) is 2.80. The topological polar surface area (TPSA) is 47.3 Å². The zero-order valence-corrected chi connectivity index (χ0v) is 13.5. The van der Waals surface area contributed by atoms with E-state index in [-0.39, 0.29) is 6.10 Å². The van der Waals surface area contributed by atoms with Crippen LogP contribution in [0.25, 0.3) is 0 Å². The number of anilines is 2. The van der Waals surface area contributed by atoms with Crippen LogP contribution in [0.1, 0.15) is 39.5 Å². The molecule has 1 aromatic rings. The first kappa shape index (κ1) is 15.4. The Balaban J connectivity index is 2.09. The number of hydrogen-bond donors (Lipinski definition) is 2. The average molecular weight is 294 g/mol. The van der Waals surface area contributed by atoms with E-state index in [1.54, 1.807) is 0 Å². The second kappa shape index (κ2) is 7.11. The van der Waals surface area contributed by atoms with Crippen LogP contribution < -0.4 is 15.8 Å². The Labute approximate surface area is 126 Å². The normalized spacial score (nSPS) is 22.8. The molecule has 112 valence electrons. The molecule has 2 unspecified atom stereocenters. The summed E-state index contributed by atoms with van der Waals surface area (Å²) in [4.78, 5) is 0. The van der Waals surface area contributed by atoms with Gasteiger partial charge in [-0.3, -0.25) is 0 Å². The summed E-state index contributed by atoms with van der Waals surface area (Å²) in [6.07, 6.45) is 7.57. The van der Waals surface area contributed by atoms with Gasteiger partial charge in [-0.05, 0) is 39.0 Å². The van der Waals surface area contributed by atoms with Crippen LogP contribution in [0.4, 0.5) is 11.4 Å². The van der Waals surface area contributed by atoms with Gasteiger partial charge in [0.05, 0.1) is 6.10 Å². The van der Waals surface area contributed by atoms with E-state index >= 15 is 0 Å². The van der Waals surface area contributed by atoms with Crippen molar-refractivity contribution in [3.8, 4) is 5.75 Å². The summed E-state index contributed by atoms with van der Waals surface area (Å²) < 4.78 is 5.75. The number of benzene rings is 1. The smallest absolute Gasteiger partial charge is 0.123 e. The molecule has 0 bridgehead atoms. The van der Waals surface area contributed by atoms with E-state index in [9.17, 15) is 0 Å². The Morgan fingerprint density at radius 1 is 1.25 bits per heavy atom. The molecule has 0 aromatic heterocycles. The Morgan fingerprint density at radius 2 is 2.00 bits per heavy atom. The number of rotatable bonds is 5. The lowest BCUT2D eigenvalue weighted by Gasteiger charge is -2.32. The molecule has 1 aliphatic carbocycles. The van der Waals surface area contributed by atoms with E-state index in [2.05, 4.69) is 17.6 Å². The quantitative estimate of drug-likeness (QED) is 0.801. The third-order valence-electron chi connectivity index (χ3n) is 3.66. The molecule has 0 aliphatic heterocycles. The van der Waals surface area contributed by atoms with Gasteiger partial charge in [0.25, 0.3) is 0 Å². The molecule has 20 heavy (non-hydrogen) atoms. The second-order valence-electron chi connectivity index (χ2n) is 5.77. The minimum Gasteiger partial charge on any atom is -0.491 e. The van der Waals surface area contributed by atoms with Crippen LogP contribution in [0.3, 0.4) is 0 Å². The summed E-state index contributed by atoms with van der Waals surface area (Å²) in [7, 11) is 0. The lowest BCUT2D eigenvalue weighted by molar-refractivity contribution is 0.242. The zero-order chi connectivity index (χ0) is 14.5. The van der Waals surface area contributed by atoms with E-state index in [1.165, 1.54) is 25.7 Å². The molecule has 2 rings (SSSR count). The molecule has 0 saturated heterocycles. The van der Waals surface area contributed by atoms with Crippen molar-refractivity contribution in [3.05, 3.63) is 18.2 Å². The summed E-state index contributed by atoms with van der Waals surface area (Å²) in [5.41, 5.74) is 7.81. The minimum atomic E-state index is 0.165. The number of hydrogen-bond acceptors (Lipinski definition) is 4. The predicted octanol–water partition coefficient (Wildman–Crippen LogP) is 4.14. The van der Waals surface area contributed by atoms with Crippen molar-refractivity contribution >= 4 is 23.1 Å². The van der Waals surface area contributed by atoms with Gasteiger partial charge in [0.15, 0.2) is 0 Å². The van der Waals surface area contributed by atoms with E-state index in [0.717, 1.165) is 17.1 Å². The molecule has 2 atom stereocenters. The molecule has 1 aliphatic rings. The maximum atomic E-state index is 5.98. The molecule has 0 heterocycles. The first-order chi connectivity index (χ1) is 9.58. The standard InChI is InChI=1S/C16H26N2OS/c1-11(2)19-14-9-12(17)8-13(10-14)18-15-6-4-5-7-16(15)20-3/h8-11,15-16,18H,4-7,17H2,1-3H3. The van der Waals surface area contributed by atoms with Crippen LogP contribution in [0, 0.1) is 0 Å². The van der Waals surface area contributed by atoms with Crippen molar-refractivity contribution < 1.29 is 4.74 Å². The van der Waals surface area contributed by atoms with Gasteiger partial charge in [-0.2, -0.15) is 11.8 Å². The molecule has 1 aromatic carbocycles. The van der Waals surface area contributed by atoms with Gasteiger partial charge in [0.1, 0.15) is 5.75 Å². The monoisotopic (exact) mass is 294 g/mol. The van der Waals surface area contributed by atoms with E-state index in [4.69, 9.17) is 10.5 Å². The van der Waals surface area contributed by atoms with Gasteiger partial charge in [-0.15, -0.1) is 0 Å². The van der Waals surface area contributed by atoms with Crippen LogP contribution in [0.15, 0.2) is 18.2 Å². The van der Waals surface area contributed by atoms with Crippen molar-refractivity contribution in [2.75, 3.05) is 17.3 Å². The molecule has 1 saturated carbocycles. The molecular formula is C16H26N2OS. The molecule has 0 spiro atoms. The van der Waals surface area contributed by atoms with Crippen molar-refractivity contribution in [1.82, 2.24) is 0 Å². The largest absolute Gasteiger partial charge is 0.491 e. The lowest BCUT2D eigenvalue weighted by Crippen LogP contribution is -2.34. The van der Waals surface area contributed by atoms with Crippen molar-refractivity contribution in [2.45, 2.75) is 56.9 Å². The molecular weight excluding hydrogens is 268 g/mol. The van der Waals surface area contributed by atoms with Gasteiger partial charge in [0.2, 0.25) is 0 Å². The highest BCUT2D eigenvalue weighted by molar-refractivity contribution is 7.99. The molecule has 0 radical (unpaired) electrons. The maximum Gasteiger partial charge on any atom is 0.123 e. The molecule has 3 N–H and O–H groups in total. The number of nitrogens with one attached hydrogen (secondary N) is 1. The summed E-state index contributed by atoms with van der Waals surface area (Å²) in [5, 5.41) is 4.35. The maximum absolute atomic E-state index is 5.98. The third kappa shape index (κ3) is 4.23. The summed E-state index contributed by atoms with van der Waals surface area (Å²) in [5.74, 6) is 0.846. The highest BCUT2D eigenvalue weighted by Crippen LogP contribution is 2.31. The number of thioether (sulfide) groups is 1. The second-order valence-corrected chi connectivity index (χ2v) is 6.84. The minimum absolute atomic E-state index is 0.165. The summed E-state index contributed by atoms with van der Waals surface area (Å²) >= 11 is 1.97. The summed E-state index contributed by atoms with van der Waals surface area (Å²) in [6, 6.07) is 6.48. The van der Waals surface area contributed by atoms with E-state index in [0.29, 0.717) is 11.3 Å². The zero-order valence-electron chi connectivity index (χ0n) is 12.7.